The van der Waals surface area contributed by atoms with Crippen LogP contribution in [0.5, 0.6) is 5.75 Å². The number of alkyl halides is 3. The summed E-state index contributed by atoms with van der Waals surface area (Å²) in [6.45, 7) is 2.32. The summed E-state index contributed by atoms with van der Waals surface area (Å²) in [5, 5.41) is 2.66. The van der Waals surface area contributed by atoms with Crippen molar-refractivity contribution in [3.63, 3.8) is 0 Å². The second-order valence-electron chi connectivity index (χ2n) is 6.11. The second kappa shape index (κ2) is 6.55. The molecule has 0 bridgehead atoms. The molecular weight excluding hydrogens is 341 g/mol. The zero-order chi connectivity index (χ0) is 18.2. The number of morpholine rings is 1. The lowest BCUT2D eigenvalue weighted by Gasteiger charge is -2.43. The van der Waals surface area contributed by atoms with Gasteiger partial charge in [-0.25, -0.2) is 0 Å². The molecule has 1 unspecified atom stereocenters. The fourth-order valence-electron chi connectivity index (χ4n) is 2.99. The second-order valence-corrected chi connectivity index (χ2v) is 6.11. The number of carbonyl (C=O) groups is 2. The molecule has 2 aliphatic heterocycles. The monoisotopic (exact) mass is 358 g/mol. The predicted octanol–water partition coefficient (Wildman–Crippen LogP) is 1.24. The molecule has 0 radical (unpaired) electrons. The van der Waals surface area contributed by atoms with Crippen molar-refractivity contribution in [1.82, 2.24) is 10.2 Å². The van der Waals surface area contributed by atoms with Gasteiger partial charge in [0.05, 0.1) is 12.7 Å². The first-order valence-electron chi connectivity index (χ1n) is 7.80. The molecule has 25 heavy (non-hydrogen) atoms. The highest BCUT2D eigenvalue weighted by Gasteiger charge is 2.43. The molecule has 3 rings (SSSR count). The predicted molar refractivity (Wildman–Crippen MR) is 79.7 cm³/mol. The highest BCUT2D eigenvalue weighted by Crippen LogP contribution is 2.24. The van der Waals surface area contributed by atoms with Gasteiger partial charge in [0.15, 0.2) is 0 Å². The lowest BCUT2D eigenvalue weighted by atomic mass is 9.99. The third-order valence-corrected chi connectivity index (χ3v) is 4.17. The molecule has 6 nitrogen and oxygen atoms in total. The first kappa shape index (κ1) is 17.5. The molecule has 9 heteroatoms. The summed E-state index contributed by atoms with van der Waals surface area (Å²) < 4.78 is 45.7. The van der Waals surface area contributed by atoms with Crippen molar-refractivity contribution in [3.05, 3.63) is 29.8 Å². The molecule has 2 fully saturated rings. The van der Waals surface area contributed by atoms with Crippen LogP contribution >= 0.6 is 0 Å². The van der Waals surface area contributed by atoms with Crippen LogP contribution in [-0.4, -0.2) is 54.4 Å². The van der Waals surface area contributed by atoms with Gasteiger partial charge in [-0.15, -0.1) is 13.2 Å². The largest absolute Gasteiger partial charge is 0.573 e. The normalized spacial score (nSPS) is 26.9. The van der Waals surface area contributed by atoms with Gasteiger partial charge in [-0.2, -0.15) is 0 Å². The van der Waals surface area contributed by atoms with Crippen LogP contribution < -0.4 is 10.1 Å². The summed E-state index contributed by atoms with van der Waals surface area (Å²) in [7, 11) is 0. The molecule has 0 saturated carbocycles. The van der Waals surface area contributed by atoms with E-state index in [1.54, 1.807) is 0 Å². The van der Waals surface area contributed by atoms with Gasteiger partial charge in [0.2, 0.25) is 11.8 Å². The number of ether oxygens (including phenoxy) is 2. The minimum absolute atomic E-state index is 0.148. The van der Waals surface area contributed by atoms with E-state index in [0.29, 0.717) is 12.1 Å². The molecule has 3 atom stereocenters. The van der Waals surface area contributed by atoms with Crippen LogP contribution in [0.2, 0.25) is 0 Å². The Morgan fingerprint density at radius 1 is 1.28 bits per heavy atom. The zero-order valence-corrected chi connectivity index (χ0v) is 13.4. The molecule has 2 saturated heterocycles. The van der Waals surface area contributed by atoms with Crippen molar-refractivity contribution < 1.29 is 32.2 Å². The SMILES string of the molecule is C[C@H]1CN2C(=O)C(Cc3ccc(OC(F)(F)F)cc3)NC(=O)[C@@H]2CO1. The average molecular weight is 358 g/mol. The molecule has 2 amide bonds. The summed E-state index contributed by atoms with van der Waals surface area (Å²) in [4.78, 5) is 26.3. The Labute approximate surface area is 141 Å². The third-order valence-electron chi connectivity index (χ3n) is 4.17. The van der Waals surface area contributed by atoms with Crippen LogP contribution in [0, 0.1) is 0 Å². The molecule has 2 heterocycles. The molecular formula is C16H17F3N2O4. The Morgan fingerprint density at radius 2 is 1.96 bits per heavy atom. The number of fused-ring (bicyclic) bond motifs is 1. The molecule has 2 aliphatic rings. The molecule has 0 spiro atoms. The van der Waals surface area contributed by atoms with E-state index in [-0.39, 0.29) is 36.7 Å². The first-order valence-corrected chi connectivity index (χ1v) is 7.80. The van der Waals surface area contributed by atoms with E-state index in [9.17, 15) is 22.8 Å². The van der Waals surface area contributed by atoms with E-state index in [2.05, 4.69) is 10.1 Å². The molecule has 0 aliphatic carbocycles. The van der Waals surface area contributed by atoms with E-state index in [1.165, 1.54) is 29.2 Å². The maximum atomic E-state index is 12.6. The van der Waals surface area contributed by atoms with Crippen molar-refractivity contribution in [2.75, 3.05) is 13.2 Å². The van der Waals surface area contributed by atoms with Gasteiger partial charge in [-0.1, -0.05) is 12.1 Å². The van der Waals surface area contributed by atoms with Crippen LogP contribution in [-0.2, 0) is 20.7 Å². The van der Waals surface area contributed by atoms with Crippen molar-refractivity contribution in [2.24, 2.45) is 0 Å². The van der Waals surface area contributed by atoms with Gasteiger partial charge in [-0.05, 0) is 24.6 Å². The molecule has 1 aromatic carbocycles. The Kier molecular flexibility index (Phi) is 4.59. The molecule has 1 aromatic rings. The minimum Gasteiger partial charge on any atom is -0.406 e. The van der Waals surface area contributed by atoms with Crippen LogP contribution in [0.4, 0.5) is 13.2 Å². The topological polar surface area (TPSA) is 67.9 Å². The summed E-state index contributed by atoms with van der Waals surface area (Å²) in [6, 6.07) is 3.86. The maximum absolute atomic E-state index is 12.6. The number of hydrogen-bond donors (Lipinski definition) is 1. The Bertz CT molecular complexity index is 662. The van der Waals surface area contributed by atoms with Crippen molar-refractivity contribution in [1.29, 1.82) is 0 Å². The number of piperazine rings is 1. The standard InChI is InChI=1S/C16H17F3N2O4/c1-9-7-21-13(8-24-9)14(22)20-12(15(21)23)6-10-2-4-11(5-3-10)25-16(17,18)19/h2-5,9,12-13H,6-8H2,1H3,(H,20,22)/t9-,12?,13-/m0/s1. The number of rotatable bonds is 3. The lowest BCUT2D eigenvalue weighted by molar-refractivity contribution is -0.274. The summed E-state index contributed by atoms with van der Waals surface area (Å²) in [5.41, 5.74) is 0.618. The quantitative estimate of drug-likeness (QED) is 0.883. The zero-order valence-electron chi connectivity index (χ0n) is 13.4. The van der Waals surface area contributed by atoms with Gasteiger partial charge < -0.3 is 19.7 Å². The maximum Gasteiger partial charge on any atom is 0.573 e. The number of halogens is 3. The fraction of sp³-hybridized carbons (Fsp3) is 0.500. The van der Waals surface area contributed by atoms with Crippen LogP contribution in [0.15, 0.2) is 24.3 Å². The van der Waals surface area contributed by atoms with E-state index in [0.717, 1.165) is 0 Å². The molecule has 0 aromatic heterocycles. The number of nitrogens with zero attached hydrogens (tertiary/aromatic N) is 1. The van der Waals surface area contributed by atoms with E-state index >= 15 is 0 Å². The van der Waals surface area contributed by atoms with Gasteiger partial charge in [0.1, 0.15) is 17.8 Å². The lowest BCUT2D eigenvalue weighted by Crippen LogP contribution is -2.68. The van der Waals surface area contributed by atoms with Crippen LogP contribution in [0.1, 0.15) is 12.5 Å². The summed E-state index contributed by atoms with van der Waals surface area (Å²) in [5.74, 6) is -0.832. The van der Waals surface area contributed by atoms with E-state index in [1.807, 2.05) is 6.92 Å². The van der Waals surface area contributed by atoms with Gasteiger partial charge >= 0.3 is 6.36 Å². The van der Waals surface area contributed by atoms with E-state index < -0.39 is 18.4 Å². The first-order chi connectivity index (χ1) is 11.7. The summed E-state index contributed by atoms with van der Waals surface area (Å²) >= 11 is 0. The Hall–Kier alpha value is -2.29. The number of benzene rings is 1. The minimum atomic E-state index is -4.75. The van der Waals surface area contributed by atoms with Gasteiger partial charge in [-0.3, -0.25) is 9.59 Å². The van der Waals surface area contributed by atoms with Gasteiger partial charge in [0.25, 0.3) is 0 Å². The highest BCUT2D eigenvalue weighted by molar-refractivity contribution is 5.97. The van der Waals surface area contributed by atoms with Crippen molar-refractivity contribution in [3.8, 4) is 5.75 Å². The number of carbonyl (C=O) groups excluding carboxylic acids is 2. The van der Waals surface area contributed by atoms with Crippen LogP contribution in [0.25, 0.3) is 0 Å². The van der Waals surface area contributed by atoms with Crippen molar-refractivity contribution >= 4 is 11.8 Å². The number of nitrogens with one attached hydrogen (secondary N) is 1. The third kappa shape index (κ3) is 4.04. The van der Waals surface area contributed by atoms with Crippen LogP contribution in [0.3, 0.4) is 0 Å². The smallest absolute Gasteiger partial charge is 0.406 e. The highest BCUT2D eigenvalue weighted by atomic mass is 19.4. The van der Waals surface area contributed by atoms with Crippen molar-refractivity contribution in [2.45, 2.75) is 37.9 Å². The average Bonchev–Trinajstić information content (AvgIpc) is 2.52. The number of amides is 2. The van der Waals surface area contributed by atoms with E-state index in [4.69, 9.17) is 4.74 Å². The fourth-order valence-corrected chi connectivity index (χ4v) is 2.99. The Balaban J connectivity index is 1.68. The number of hydrogen-bond acceptors (Lipinski definition) is 4. The molecule has 1 N–H and O–H groups in total. The molecule has 136 valence electrons. The summed E-state index contributed by atoms with van der Waals surface area (Å²) in [6.07, 6.45) is -4.71. The Morgan fingerprint density at radius 3 is 2.60 bits per heavy atom. The van der Waals surface area contributed by atoms with Gasteiger partial charge in [0, 0.05) is 13.0 Å².